The van der Waals surface area contributed by atoms with Crippen molar-refractivity contribution in [1.82, 2.24) is 9.62 Å². The molecule has 206 valence electrons. The van der Waals surface area contributed by atoms with Crippen LogP contribution in [0.5, 0.6) is 0 Å². The summed E-state index contributed by atoms with van der Waals surface area (Å²) in [6, 6.07) is 14.6. The van der Waals surface area contributed by atoms with Crippen molar-refractivity contribution in [1.29, 1.82) is 0 Å². The molecule has 0 saturated heterocycles. The highest BCUT2D eigenvalue weighted by Gasteiger charge is 2.47. The molecule has 12 heteroatoms. The second-order valence-electron chi connectivity index (χ2n) is 9.28. The first-order chi connectivity index (χ1) is 18.5. The quantitative estimate of drug-likeness (QED) is 0.300. The summed E-state index contributed by atoms with van der Waals surface area (Å²) in [5.41, 5.74) is 8.86. The van der Waals surface area contributed by atoms with Crippen molar-refractivity contribution in [3.05, 3.63) is 93.0 Å². The molecule has 1 heterocycles. The zero-order valence-corrected chi connectivity index (χ0v) is 23.2. The van der Waals surface area contributed by atoms with E-state index in [9.17, 15) is 28.2 Å². The van der Waals surface area contributed by atoms with E-state index in [1.54, 1.807) is 42.5 Å². The molecule has 5 N–H and O–H groups in total. The van der Waals surface area contributed by atoms with Crippen LogP contribution >= 0.6 is 23.2 Å². The SMILES string of the molecule is CS(=O)(=O)NC[C@@H](CO)N1C(=O)c2ccc(-c3ccccc3CO)cc2C(C(N)=O)C1c1ccc(Cl)cc1Cl. The fourth-order valence-electron chi connectivity index (χ4n) is 4.99. The predicted molar refractivity (Wildman–Crippen MR) is 149 cm³/mol. The van der Waals surface area contributed by atoms with Gasteiger partial charge in [-0.2, -0.15) is 0 Å². The van der Waals surface area contributed by atoms with Crippen molar-refractivity contribution < 1.29 is 28.2 Å². The summed E-state index contributed by atoms with van der Waals surface area (Å²) in [6.07, 6.45) is 0.959. The number of nitrogens with one attached hydrogen (secondary N) is 1. The molecule has 3 atom stereocenters. The summed E-state index contributed by atoms with van der Waals surface area (Å²) in [5.74, 6) is -2.43. The average molecular weight is 593 g/mol. The lowest BCUT2D eigenvalue weighted by Crippen LogP contribution is -2.55. The second-order valence-corrected chi connectivity index (χ2v) is 12.0. The maximum absolute atomic E-state index is 14.0. The molecule has 0 aliphatic carbocycles. The number of rotatable bonds is 9. The van der Waals surface area contributed by atoms with E-state index in [0.29, 0.717) is 32.8 Å². The predicted octanol–water partition coefficient (Wildman–Crippen LogP) is 2.83. The van der Waals surface area contributed by atoms with Crippen LogP contribution in [-0.4, -0.2) is 60.8 Å². The van der Waals surface area contributed by atoms with Crippen molar-refractivity contribution >= 4 is 45.0 Å². The number of nitrogens with zero attached hydrogens (tertiary/aromatic N) is 1. The molecule has 0 radical (unpaired) electrons. The smallest absolute Gasteiger partial charge is 0.255 e. The molecule has 9 nitrogen and oxygen atoms in total. The molecule has 2 unspecified atom stereocenters. The lowest BCUT2D eigenvalue weighted by Gasteiger charge is -2.45. The summed E-state index contributed by atoms with van der Waals surface area (Å²) in [4.78, 5) is 28.4. The number of carbonyl (C=O) groups is 2. The Morgan fingerprint density at radius 1 is 1.05 bits per heavy atom. The Morgan fingerprint density at radius 2 is 1.77 bits per heavy atom. The molecule has 1 aliphatic rings. The van der Waals surface area contributed by atoms with E-state index in [0.717, 1.165) is 6.26 Å². The minimum absolute atomic E-state index is 0.162. The van der Waals surface area contributed by atoms with Crippen LogP contribution < -0.4 is 10.5 Å². The van der Waals surface area contributed by atoms with Gasteiger partial charge in [-0.05, 0) is 52.1 Å². The van der Waals surface area contributed by atoms with Crippen LogP contribution in [0.15, 0.2) is 60.7 Å². The Hall–Kier alpha value is -2.99. The highest BCUT2D eigenvalue weighted by atomic mass is 35.5. The molecule has 4 rings (SSSR count). The van der Waals surface area contributed by atoms with Crippen molar-refractivity contribution in [3.8, 4) is 11.1 Å². The van der Waals surface area contributed by atoms with E-state index >= 15 is 0 Å². The molecule has 3 aromatic rings. The van der Waals surface area contributed by atoms with Gasteiger partial charge in [-0.1, -0.05) is 59.6 Å². The van der Waals surface area contributed by atoms with Crippen molar-refractivity contribution in [2.75, 3.05) is 19.4 Å². The van der Waals surface area contributed by atoms with Gasteiger partial charge >= 0.3 is 0 Å². The number of fused-ring (bicyclic) bond motifs is 1. The zero-order chi connectivity index (χ0) is 28.5. The monoisotopic (exact) mass is 591 g/mol. The summed E-state index contributed by atoms with van der Waals surface area (Å²) in [5, 5.41) is 20.6. The molecule has 0 saturated carbocycles. The Balaban J connectivity index is 1.96. The number of nitrogens with two attached hydrogens (primary N) is 1. The van der Waals surface area contributed by atoms with Gasteiger partial charge in [0.25, 0.3) is 5.91 Å². The number of halogens is 2. The van der Waals surface area contributed by atoms with Gasteiger partial charge in [-0.3, -0.25) is 9.59 Å². The molecule has 1 aliphatic heterocycles. The molecular formula is C27H27Cl2N3O6S. The first-order valence-corrected chi connectivity index (χ1v) is 14.6. The Bertz CT molecular complexity index is 1530. The lowest BCUT2D eigenvalue weighted by atomic mass is 9.77. The maximum Gasteiger partial charge on any atom is 0.255 e. The number of sulfonamides is 1. The van der Waals surface area contributed by atoms with Gasteiger partial charge in [0.15, 0.2) is 0 Å². The van der Waals surface area contributed by atoms with Crippen molar-refractivity contribution in [2.45, 2.75) is 24.6 Å². The second kappa shape index (κ2) is 11.6. The maximum atomic E-state index is 14.0. The third kappa shape index (κ3) is 5.96. The van der Waals surface area contributed by atoms with E-state index in [1.807, 2.05) is 12.1 Å². The number of primary amides is 1. The first kappa shape index (κ1) is 29.0. The Morgan fingerprint density at radius 3 is 2.38 bits per heavy atom. The normalized spacial score (nSPS) is 18.1. The summed E-state index contributed by atoms with van der Waals surface area (Å²) in [6.45, 7) is -1.14. The van der Waals surface area contributed by atoms with E-state index in [2.05, 4.69) is 4.72 Å². The van der Waals surface area contributed by atoms with Gasteiger partial charge in [-0.15, -0.1) is 0 Å². The van der Waals surface area contributed by atoms with Crippen molar-refractivity contribution in [3.63, 3.8) is 0 Å². The van der Waals surface area contributed by atoms with Crippen LogP contribution in [-0.2, 0) is 21.4 Å². The van der Waals surface area contributed by atoms with Crippen LogP contribution in [0, 0.1) is 0 Å². The van der Waals surface area contributed by atoms with Crippen LogP contribution in [0.25, 0.3) is 11.1 Å². The van der Waals surface area contributed by atoms with Crippen LogP contribution in [0.1, 0.15) is 39.0 Å². The molecule has 0 aromatic heterocycles. The molecular weight excluding hydrogens is 565 g/mol. The summed E-state index contributed by atoms with van der Waals surface area (Å²) >= 11 is 12.7. The molecule has 39 heavy (non-hydrogen) atoms. The number of aliphatic hydroxyl groups excluding tert-OH is 2. The zero-order valence-electron chi connectivity index (χ0n) is 20.8. The third-order valence-electron chi connectivity index (χ3n) is 6.74. The van der Waals surface area contributed by atoms with E-state index < -0.39 is 46.4 Å². The highest BCUT2D eigenvalue weighted by molar-refractivity contribution is 7.88. The molecule has 0 bridgehead atoms. The standard InChI is InChI=1S/C27H27Cl2N3O6S/c1-39(37,38)31-12-18(14-34)32-25(21-9-7-17(28)11-23(21)29)24(26(30)35)22-10-15(6-8-20(22)27(32)36)19-5-3-2-4-16(19)13-33/h2-11,18,24-25,31,33-34H,12-14H2,1H3,(H2,30,35)/t18-,24?,25?/m0/s1. The summed E-state index contributed by atoms with van der Waals surface area (Å²) in [7, 11) is -3.67. The van der Waals surface area contributed by atoms with Gasteiger partial charge in [-0.25, -0.2) is 13.1 Å². The number of benzene rings is 3. The number of carbonyl (C=O) groups excluding carboxylic acids is 2. The van der Waals surface area contributed by atoms with Gasteiger partial charge in [0, 0.05) is 22.2 Å². The minimum Gasteiger partial charge on any atom is -0.394 e. The van der Waals surface area contributed by atoms with E-state index in [1.165, 1.54) is 11.0 Å². The first-order valence-electron chi connectivity index (χ1n) is 11.9. The minimum atomic E-state index is -3.67. The average Bonchev–Trinajstić information content (AvgIpc) is 2.88. The summed E-state index contributed by atoms with van der Waals surface area (Å²) < 4.78 is 26.0. The van der Waals surface area contributed by atoms with Crippen LogP contribution in [0.2, 0.25) is 10.0 Å². The Kier molecular flexibility index (Phi) is 8.65. The number of amides is 2. The number of hydrogen-bond donors (Lipinski definition) is 4. The van der Waals surface area contributed by atoms with Crippen LogP contribution in [0.3, 0.4) is 0 Å². The number of aliphatic hydroxyl groups is 2. The van der Waals surface area contributed by atoms with E-state index in [-0.39, 0.29) is 23.7 Å². The van der Waals surface area contributed by atoms with Gasteiger partial charge in [0.1, 0.15) is 0 Å². The molecule has 0 spiro atoms. The topological polar surface area (TPSA) is 150 Å². The molecule has 2 amide bonds. The van der Waals surface area contributed by atoms with Gasteiger partial charge in [0.2, 0.25) is 15.9 Å². The van der Waals surface area contributed by atoms with E-state index in [4.69, 9.17) is 28.9 Å². The molecule has 3 aromatic carbocycles. The fourth-order valence-corrected chi connectivity index (χ4v) is 6.00. The fraction of sp³-hybridized carbons (Fsp3) is 0.259. The Labute approximate surface area is 236 Å². The largest absolute Gasteiger partial charge is 0.394 e. The van der Waals surface area contributed by atoms with Crippen molar-refractivity contribution in [2.24, 2.45) is 5.73 Å². The van der Waals surface area contributed by atoms with Gasteiger partial charge < -0.3 is 20.8 Å². The van der Waals surface area contributed by atoms with Gasteiger partial charge in [0.05, 0.1) is 37.5 Å². The lowest BCUT2D eigenvalue weighted by molar-refractivity contribution is -0.121. The van der Waals surface area contributed by atoms with Crippen LogP contribution in [0.4, 0.5) is 0 Å². The third-order valence-corrected chi connectivity index (χ3v) is 7.99. The highest BCUT2D eigenvalue weighted by Crippen LogP contribution is 2.47. The molecule has 0 fully saturated rings. The number of hydrogen-bond acceptors (Lipinski definition) is 6.